The number of hydrogen-bond acceptors (Lipinski definition) is 9. The lowest BCUT2D eigenvalue weighted by molar-refractivity contribution is 0.206. The van der Waals surface area contributed by atoms with Gasteiger partial charge in [-0.15, -0.1) is 5.10 Å². The Bertz CT molecular complexity index is 1740. The van der Waals surface area contributed by atoms with Crippen LogP contribution in [0.2, 0.25) is 0 Å². The Balaban J connectivity index is 1.41. The van der Waals surface area contributed by atoms with Crippen LogP contribution in [0.5, 0.6) is 17.5 Å². The molecule has 0 saturated carbocycles. The summed E-state index contributed by atoms with van der Waals surface area (Å²) in [7, 11) is 3.28. The number of aliphatic hydroxyl groups is 1. The molecule has 10 nitrogen and oxygen atoms in total. The molecule has 0 bridgehead atoms. The van der Waals surface area contributed by atoms with Crippen molar-refractivity contribution in [3.63, 3.8) is 0 Å². The van der Waals surface area contributed by atoms with E-state index in [0.29, 0.717) is 43.4 Å². The van der Waals surface area contributed by atoms with Crippen LogP contribution in [0.15, 0.2) is 72.9 Å². The first-order valence-electron chi connectivity index (χ1n) is 16.5. The van der Waals surface area contributed by atoms with Crippen molar-refractivity contribution in [1.82, 2.24) is 24.5 Å². The number of hydrogen-bond donors (Lipinski definition) is 1. The number of ether oxygens (including phenoxy) is 3. The number of halogens is 1. The lowest BCUT2D eigenvalue weighted by atomic mass is 10.0. The zero-order valence-electron chi connectivity index (χ0n) is 27.8. The molecule has 1 atom stereocenters. The minimum Gasteiger partial charge on any atom is -0.497 e. The molecule has 0 radical (unpaired) electrons. The van der Waals surface area contributed by atoms with Crippen LogP contribution in [0, 0.1) is 5.82 Å². The fraction of sp³-hybridized carbons (Fsp3) is 0.378. The van der Waals surface area contributed by atoms with Crippen LogP contribution in [0.4, 0.5) is 10.2 Å². The maximum atomic E-state index is 15.3. The molecule has 0 spiro atoms. The summed E-state index contributed by atoms with van der Waals surface area (Å²) < 4.78 is 33.7. The summed E-state index contributed by atoms with van der Waals surface area (Å²) in [5.74, 6) is 1.56. The number of likely N-dealkylation sites (tertiary alicyclic amines) is 1. The molecule has 1 saturated heterocycles. The predicted molar refractivity (Wildman–Crippen MR) is 182 cm³/mol. The second-order valence-corrected chi connectivity index (χ2v) is 12.1. The van der Waals surface area contributed by atoms with Gasteiger partial charge < -0.3 is 24.2 Å². The average molecular weight is 655 g/mol. The summed E-state index contributed by atoms with van der Waals surface area (Å²) in [6.07, 6.45) is 4.32. The third-order valence-corrected chi connectivity index (χ3v) is 8.68. The number of anilines is 1. The van der Waals surface area contributed by atoms with Crippen LogP contribution in [0.3, 0.4) is 0 Å². The Morgan fingerprint density at radius 2 is 1.52 bits per heavy atom. The second-order valence-electron chi connectivity index (χ2n) is 12.1. The van der Waals surface area contributed by atoms with E-state index in [1.54, 1.807) is 32.5 Å². The third-order valence-electron chi connectivity index (χ3n) is 8.68. The number of fused-ring (bicyclic) bond motifs is 1. The van der Waals surface area contributed by atoms with Gasteiger partial charge in [-0.2, -0.15) is 4.98 Å². The summed E-state index contributed by atoms with van der Waals surface area (Å²) in [6.45, 7) is 6.23. The Kier molecular flexibility index (Phi) is 10.7. The zero-order valence-corrected chi connectivity index (χ0v) is 27.8. The molecule has 1 aliphatic heterocycles. The fourth-order valence-electron chi connectivity index (χ4n) is 6.00. The molecule has 11 heteroatoms. The first kappa shape index (κ1) is 33.2. The van der Waals surface area contributed by atoms with Crippen LogP contribution in [0.25, 0.3) is 5.65 Å². The first-order valence-corrected chi connectivity index (χ1v) is 16.5. The van der Waals surface area contributed by atoms with Crippen molar-refractivity contribution in [3.05, 3.63) is 107 Å². The molecule has 3 heterocycles. The van der Waals surface area contributed by atoms with E-state index in [1.807, 2.05) is 48.5 Å². The summed E-state index contributed by atoms with van der Waals surface area (Å²) in [5.41, 5.74) is 3.92. The third kappa shape index (κ3) is 7.69. The van der Waals surface area contributed by atoms with E-state index in [9.17, 15) is 5.11 Å². The van der Waals surface area contributed by atoms with Crippen molar-refractivity contribution in [1.29, 1.82) is 0 Å². The quantitative estimate of drug-likeness (QED) is 0.130. The largest absolute Gasteiger partial charge is 0.497 e. The number of methoxy groups -OCH3 is 2. The Hall–Kier alpha value is -4.74. The van der Waals surface area contributed by atoms with E-state index in [1.165, 1.54) is 10.6 Å². The topological polar surface area (TPSA) is 97.5 Å². The minimum atomic E-state index is -1.32. The van der Waals surface area contributed by atoms with Gasteiger partial charge in [0, 0.05) is 25.2 Å². The van der Waals surface area contributed by atoms with Gasteiger partial charge in [-0.1, -0.05) is 43.7 Å². The molecule has 252 valence electrons. The second kappa shape index (κ2) is 15.4. The van der Waals surface area contributed by atoms with Crippen LogP contribution in [-0.2, 0) is 19.6 Å². The van der Waals surface area contributed by atoms with Crippen molar-refractivity contribution < 1.29 is 23.7 Å². The molecule has 48 heavy (non-hydrogen) atoms. The van der Waals surface area contributed by atoms with E-state index in [2.05, 4.69) is 21.8 Å². The normalized spacial score (nSPS) is 13.9. The standard InChI is InChI=1S/C37H43FN6O4/c1-4-5-20-48-37-40-36(43(24-26-8-13-29(46-2)14-9-26)25-27-10-15-30(47-3)16-11-27)35-39-22-33(44(35)41-37)34(45)31-21-28(12-17-32(31)38)23-42-18-6-7-19-42/h8-17,21-22,34,45H,4-7,18-20,23-25H2,1-3H3. The number of aromatic nitrogens is 4. The summed E-state index contributed by atoms with van der Waals surface area (Å²) >= 11 is 0. The molecule has 2 aromatic heterocycles. The molecular weight excluding hydrogens is 611 g/mol. The summed E-state index contributed by atoms with van der Waals surface area (Å²) in [6, 6.07) is 20.8. The maximum Gasteiger partial charge on any atom is 0.336 e. The van der Waals surface area contributed by atoms with Gasteiger partial charge in [0.15, 0.2) is 11.5 Å². The van der Waals surface area contributed by atoms with Gasteiger partial charge in [0.2, 0.25) is 0 Å². The molecule has 3 aromatic carbocycles. The van der Waals surface area contributed by atoms with Gasteiger partial charge in [-0.25, -0.2) is 13.9 Å². The van der Waals surface area contributed by atoms with Gasteiger partial charge in [-0.05, 0) is 85.4 Å². The van der Waals surface area contributed by atoms with Crippen LogP contribution >= 0.6 is 0 Å². The zero-order chi connectivity index (χ0) is 33.5. The number of rotatable bonds is 15. The fourth-order valence-corrected chi connectivity index (χ4v) is 6.00. The monoisotopic (exact) mass is 654 g/mol. The lowest BCUT2D eigenvalue weighted by Crippen LogP contribution is -2.25. The van der Waals surface area contributed by atoms with Crippen LogP contribution < -0.4 is 19.1 Å². The highest BCUT2D eigenvalue weighted by atomic mass is 19.1. The van der Waals surface area contributed by atoms with Crippen molar-refractivity contribution in [2.75, 3.05) is 38.8 Å². The number of nitrogens with zero attached hydrogens (tertiary/aromatic N) is 6. The minimum absolute atomic E-state index is 0.148. The first-order chi connectivity index (χ1) is 23.4. The molecule has 1 unspecified atom stereocenters. The van der Waals surface area contributed by atoms with Crippen molar-refractivity contribution in [2.45, 2.75) is 58.3 Å². The van der Waals surface area contributed by atoms with E-state index in [4.69, 9.17) is 24.2 Å². The summed E-state index contributed by atoms with van der Waals surface area (Å²) in [4.78, 5) is 14.0. The molecule has 0 amide bonds. The molecule has 1 aliphatic rings. The molecular formula is C37H43FN6O4. The SMILES string of the molecule is CCCCOc1nc(N(Cc2ccc(OC)cc2)Cc2ccc(OC)cc2)c2ncc(C(O)c3cc(CN4CCCC4)ccc3F)n2n1. The average Bonchev–Trinajstić information content (AvgIpc) is 3.79. The molecule has 5 aromatic rings. The van der Waals surface area contributed by atoms with Gasteiger partial charge in [-0.3, -0.25) is 4.90 Å². The summed E-state index contributed by atoms with van der Waals surface area (Å²) in [5, 5.41) is 16.4. The highest BCUT2D eigenvalue weighted by Crippen LogP contribution is 2.31. The maximum absolute atomic E-state index is 15.3. The van der Waals surface area contributed by atoms with Gasteiger partial charge >= 0.3 is 6.01 Å². The van der Waals surface area contributed by atoms with Crippen LogP contribution in [-0.4, -0.2) is 63.5 Å². The van der Waals surface area contributed by atoms with E-state index < -0.39 is 11.9 Å². The Morgan fingerprint density at radius 1 is 0.896 bits per heavy atom. The smallest absolute Gasteiger partial charge is 0.336 e. The number of aliphatic hydroxyl groups excluding tert-OH is 1. The van der Waals surface area contributed by atoms with Crippen molar-refractivity contribution in [3.8, 4) is 17.5 Å². The molecule has 6 rings (SSSR count). The number of benzene rings is 3. The lowest BCUT2D eigenvalue weighted by Gasteiger charge is -2.25. The van der Waals surface area contributed by atoms with Gasteiger partial charge in [0.25, 0.3) is 0 Å². The van der Waals surface area contributed by atoms with E-state index in [-0.39, 0.29) is 11.6 Å². The van der Waals surface area contributed by atoms with Crippen LogP contribution in [0.1, 0.15) is 66.7 Å². The molecule has 0 aliphatic carbocycles. The van der Waals surface area contributed by atoms with Crippen molar-refractivity contribution >= 4 is 11.5 Å². The molecule has 1 N–H and O–H groups in total. The molecule has 1 fully saturated rings. The van der Waals surface area contributed by atoms with E-state index >= 15 is 4.39 Å². The highest BCUT2D eigenvalue weighted by Gasteiger charge is 2.26. The van der Waals surface area contributed by atoms with Gasteiger partial charge in [0.05, 0.1) is 32.7 Å². The number of imidazole rings is 1. The van der Waals surface area contributed by atoms with Crippen molar-refractivity contribution in [2.24, 2.45) is 0 Å². The number of unbranched alkanes of at least 4 members (excludes halogenated alkanes) is 1. The Morgan fingerprint density at radius 3 is 2.12 bits per heavy atom. The predicted octanol–water partition coefficient (Wildman–Crippen LogP) is 6.34. The highest BCUT2D eigenvalue weighted by molar-refractivity contribution is 5.65. The van der Waals surface area contributed by atoms with Gasteiger partial charge in [0.1, 0.15) is 23.4 Å². The van der Waals surface area contributed by atoms with E-state index in [0.717, 1.165) is 67.0 Å². The Labute approximate surface area is 280 Å².